The van der Waals surface area contributed by atoms with E-state index in [1.165, 1.54) is 0 Å². The minimum Gasteiger partial charge on any atom is -0.119 e. The van der Waals surface area contributed by atoms with Crippen molar-refractivity contribution in [3.05, 3.63) is 33.3 Å². The van der Waals surface area contributed by atoms with Gasteiger partial charge >= 0.3 is 0 Å². The predicted octanol–water partition coefficient (Wildman–Crippen LogP) is 4.01. The molecule has 0 radical (unpaired) electrons. The second-order valence-electron chi connectivity index (χ2n) is 3.40. The van der Waals surface area contributed by atoms with Crippen LogP contribution in [0, 0.1) is 12.3 Å². The van der Waals surface area contributed by atoms with Crippen molar-refractivity contribution in [3.63, 3.8) is 0 Å². The van der Waals surface area contributed by atoms with Crippen molar-refractivity contribution in [3.8, 4) is 12.3 Å². The number of hydrogen-bond acceptors (Lipinski definition) is 0. The highest BCUT2D eigenvalue weighted by Gasteiger charge is 2.17. The Morgan fingerprint density at radius 3 is 2.54 bits per heavy atom. The fourth-order valence-electron chi connectivity index (χ4n) is 0.968. The molecule has 0 saturated heterocycles. The quantitative estimate of drug-likeness (QED) is 0.667. The molecule has 0 unspecified atom stereocenters. The van der Waals surface area contributed by atoms with Crippen LogP contribution in [0.5, 0.6) is 0 Å². The number of terminal acetylenes is 1. The molecular formula is C11H10BrCl. The fourth-order valence-corrected chi connectivity index (χ4v) is 1.46. The maximum atomic E-state index is 5.88. The lowest BCUT2D eigenvalue weighted by molar-refractivity contribution is 0.699. The zero-order valence-electron chi connectivity index (χ0n) is 7.57. The average Bonchev–Trinajstić information content (AvgIpc) is 2.09. The van der Waals surface area contributed by atoms with Gasteiger partial charge in [-0.1, -0.05) is 23.6 Å². The molecule has 1 rings (SSSR count). The first-order chi connectivity index (χ1) is 5.97. The molecule has 0 fully saturated rings. The van der Waals surface area contributed by atoms with Crippen LogP contribution in [0.1, 0.15) is 19.4 Å². The summed E-state index contributed by atoms with van der Waals surface area (Å²) in [7, 11) is 0. The normalized spacial score (nSPS) is 11.0. The van der Waals surface area contributed by atoms with E-state index in [-0.39, 0.29) is 5.41 Å². The Morgan fingerprint density at radius 2 is 2.08 bits per heavy atom. The van der Waals surface area contributed by atoms with E-state index in [1.54, 1.807) is 0 Å². The van der Waals surface area contributed by atoms with Crippen molar-refractivity contribution in [2.24, 2.45) is 0 Å². The third kappa shape index (κ3) is 2.27. The number of rotatable bonds is 1. The van der Waals surface area contributed by atoms with E-state index >= 15 is 0 Å². The molecule has 0 amide bonds. The first-order valence-corrected chi connectivity index (χ1v) is 5.08. The summed E-state index contributed by atoms with van der Waals surface area (Å²) in [6, 6.07) is 5.76. The van der Waals surface area contributed by atoms with Gasteiger partial charge in [-0.3, -0.25) is 0 Å². The Labute approximate surface area is 92.4 Å². The van der Waals surface area contributed by atoms with Gasteiger partial charge < -0.3 is 0 Å². The molecule has 0 saturated carbocycles. The van der Waals surface area contributed by atoms with E-state index in [4.69, 9.17) is 18.0 Å². The van der Waals surface area contributed by atoms with Crippen LogP contribution in [0.25, 0.3) is 0 Å². The Kier molecular flexibility index (Phi) is 3.05. The molecule has 0 spiro atoms. The van der Waals surface area contributed by atoms with Crippen molar-refractivity contribution in [1.29, 1.82) is 0 Å². The molecule has 1 aromatic carbocycles. The van der Waals surface area contributed by atoms with E-state index in [1.807, 2.05) is 32.0 Å². The molecule has 1 aromatic rings. The van der Waals surface area contributed by atoms with E-state index in [0.717, 1.165) is 10.0 Å². The largest absolute Gasteiger partial charge is 0.119 e. The van der Waals surface area contributed by atoms with Gasteiger partial charge in [0.2, 0.25) is 0 Å². The van der Waals surface area contributed by atoms with Gasteiger partial charge in [0, 0.05) is 4.47 Å². The van der Waals surface area contributed by atoms with Crippen LogP contribution in [0.3, 0.4) is 0 Å². The molecule has 0 heterocycles. The highest BCUT2D eigenvalue weighted by atomic mass is 79.9. The second-order valence-corrected chi connectivity index (χ2v) is 4.66. The summed E-state index contributed by atoms with van der Waals surface area (Å²) < 4.78 is 0.884. The molecule has 0 atom stereocenters. The summed E-state index contributed by atoms with van der Waals surface area (Å²) in [5.74, 6) is 2.74. The molecule has 68 valence electrons. The van der Waals surface area contributed by atoms with E-state index in [0.29, 0.717) is 5.02 Å². The van der Waals surface area contributed by atoms with Crippen molar-refractivity contribution in [2.75, 3.05) is 0 Å². The molecule has 13 heavy (non-hydrogen) atoms. The van der Waals surface area contributed by atoms with Crippen LogP contribution in [-0.2, 0) is 5.41 Å². The molecule has 0 aliphatic rings. The first kappa shape index (κ1) is 10.6. The Morgan fingerprint density at radius 1 is 1.46 bits per heavy atom. The lowest BCUT2D eigenvalue weighted by Crippen LogP contribution is -2.13. The van der Waals surface area contributed by atoms with Gasteiger partial charge in [0.1, 0.15) is 0 Å². The first-order valence-electron chi connectivity index (χ1n) is 3.90. The molecule has 0 aliphatic carbocycles. The lowest BCUT2D eigenvalue weighted by Gasteiger charge is -2.18. The van der Waals surface area contributed by atoms with Crippen LogP contribution < -0.4 is 0 Å². The average molecular weight is 258 g/mol. The van der Waals surface area contributed by atoms with Crippen LogP contribution in [0.4, 0.5) is 0 Å². The van der Waals surface area contributed by atoms with Gasteiger partial charge in [0.15, 0.2) is 0 Å². The summed E-state index contributed by atoms with van der Waals surface area (Å²) in [6.45, 7) is 4.01. The highest BCUT2D eigenvalue weighted by Crippen LogP contribution is 2.29. The van der Waals surface area contributed by atoms with Crippen LogP contribution >= 0.6 is 27.5 Å². The zero-order chi connectivity index (χ0) is 10.1. The van der Waals surface area contributed by atoms with Crippen LogP contribution in [0.2, 0.25) is 5.02 Å². The van der Waals surface area contributed by atoms with E-state index < -0.39 is 0 Å². The summed E-state index contributed by atoms with van der Waals surface area (Å²) in [6.07, 6.45) is 5.43. The monoisotopic (exact) mass is 256 g/mol. The van der Waals surface area contributed by atoms with Crippen LogP contribution in [-0.4, -0.2) is 0 Å². The van der Waals surface area contributed by atoms with Gasteiger partial charge in [0.05, 0.1) is 10.4 Å². The molecule has 0 bridgehead atoms. The summed E-state index contributed by atoms with van der Waals surface area (Å²) in [5.41, 5.74) is 0.846. The van der Waals surface area contributed by atoms with Crippen molar-refractivity contribution in [2.45, 2.75) is 19.3 Å². The molecule has 0 N–H and O–H groups in total. The summed E-state index contributed by atoms with van der Waals surface area (Å²) in [4.78, 5) is 0. The number of benzene rings is 1. The maximum Gasteiger partial charge on any atom is 0.0548 e. The van der Waals surface area contributed by atoms with E-state index in [2.05, 4.69) is 21.9 Å². The molecule has 0 nitrogen and oxygen atoms in total. The molecular weight excluding hydrogens is 247 g/mol. The Balaban J connectivity index is 3.20. The molecule has 0 aliphatic heterocycles. The van der Waals surface area contributed by atoms with Crippen molar-refractivity contribution >= 4 is 27.5 Å². The van der Waals surface area contributed by atoms with Gasteiger partial charge in [0.25, 0.3) is 0 Å². The smallest absolute Gasteiger partial charge is 0.0548 e. The SMILES string of the molecule is C#CC(C)(C)c1ccc(Cl)c(Br)c1. The molecule has 2 heteroatoms. The highest BCUT2D eigenvalue weighted by molar-refractivity contribution is 9.10. The van der Waals surface area contributed by atoms with Crippen molar-refractivity contribution < 1.29 is 0 Å². The van der Waals surface area contributed by atoms with E-state index in [9.17, 15) is 0 Å². The third-order valence-electron chi connectivity index (χ3n) is 2.00. The lowest BCUT2D eigenvalue weighted by atomic mass is 9.86. The van der Waals surface area contributed by atoms with Gasteiger partial charge in [-0.2, -0.15) is 0 Å². The topological polar surface area (TPSA) is 0 Å². The van der Waals surface area contributed by atoms with Crippen molar-refractivity contribution in [1.82, 2.24) is 0 Å². The van der Waals surface area contributed by atoms with Gasteiger partial charge in [-0.25, -0.2) is 0 Å². The summed E-state index contributed by atoms with van der Waals surface area (Å²) >= 11 is 9.24. The standard InChI is InChI=1S/C11H10BrCl/c1-4-11(2,3)8-5-6-10(13)9(12)7-8/h1,5-7H,2-3H3. The Bertz CT molecular complexity index is 361. The fraction of sp³-hybridized carbons (Fsp3) is 0.273. The predicted molar refractivity (Wildman–Crippen MR) is 61.0 cm³/mol. The minimum absolute atomic E-state index is 0.243. The summed E-state index contributed by atoms with van der Waals surface area (Å²) in [5, 5.41) is 0.705. The third-order valence-corrected chi connectivity index (χ3v) is 3.22. The number of halogens is 2. The maximum absolute atomic E-state index is 5.88. The second kappa shape index (κ2) is 3.74. The Hall–Kier alpha value is -0.450. The minimum atomic E-state index is -0.243. The number of hydrogen-bond donors (Lipinski definition) is 0. The van der Waals surface area contributed by atoms with Gasteiger partial charge in [-0.15, -0.1) is 6.42 Å². The zero-order valence-corrected chi connectivity index (χ0v) is 9.91. The van der Waals surface area contributed by atoms with Crippen LogP contribution in [0.15, 0.2) is 22.7 Å². The molecule has 0 aromatic heterocycles. The van der Waals surface area contributed by atoms with Gasteiger partial charge in [-0.05, 0) is 47.5 Å².